The zero-order chi connectivity index (χ0) is 15.3. The van der Waals surface area contributed by atoms with Gasteiger partial charge in [-0.05, 0) is 25.0 Å². The van der Waals surface area contributed by atoms with Crippen molar-refractivity contribution in [1.29, 1.82) is 0 Å². The summed E-state index contributed by atoms with van der Waals surface area (Å²) in [4.78, 5) is 13.5. The number of nitrogens with zero attached hydrogens (tertiary/aromatic N) is 3. The Labute approximate surface area is 129 Å². The highest BCUT2D eigenvalue weighted by atomic mass is 16.5. The van der Waals surface area contributed by atoms with Crippen LogP contribution in [0.1, 0.15) is 23.7 Å². The first-order chi connectivity index (χ1) is 10.6. The molecule has 2 N–H and O–H groups in total. The predicted octanol–water partition coefficient (Wildman–Crippen LogP) is 2.02. The molecule has 112 valence electrons. The van der Waals surface area contributed by atoms with E-state index in [1.807, 2.05) is 13.8 Å². The molecule has 0 bridgehead atoms. The van der Waals surface area contributed by atoms with Gasteiger partial charge in [0.1, 0.15) is 11.6 Å². The maximum absolute atomic E-state index is 5.79. The van der Waals surface area contributed by atoms with Gasteiger partial charge in [-0.1, -0.05) is 18.2 Å². The van der Waals surface area contributed by atoms with Crippen molar-refractivity contribution in [3.05, 3.63) is 47.4 Å². The van der Waals surface area contributed by atoms with Crippen molar-refractivity contribution in [3.63, 3.8) is 0 Å². The van der Waals surface area contributed by atoms with E-state index in [1.54, 1.807) is 12.4 Å². The van der Waals surface area contributed by atoms with Gasteiger partial charge in [-0.25, -0.2) is 4.99 Å². The Balaban J connectivity index is 1.83. The molecule has 2 aromatic rings. The zero-order valence-electron chi connectivity index (χ0n) is 12.7. The van der Waals surface area contributed by atoms with Crippen LogP contribution in [0.5, 0.6) is 0 Å². The highest BCUT2D eigenvalue weighted by Gasteiger charge is 2.48. The molecule has 0 radical (unpaired) electrons. The third kappa shape index (κ3) is 1.81. The van der Waals surface area contributed by atoms with Gasteiger partial charge in [0.25, 0.3) is 6.02 Å². The van der Waals surface area contributed by atoms with Gasteiger partial charge in [-0.15, -0.1) is 0 Å². The number of aliphatic imine (C=N–C) groups is 1. The maximum Gasteiger partial charge on any atom is 0.282 e. The fourth-order valence-corrected chi connectivity index (χ4v) is 3.60. The molecule has 2 heterocycles. The summed E-state index contributed by atoms with van der Waals surface area (Å²) in [5, 5.41) is 0. The molecule has 0 fully saturated rings. The first-order valence-corrected chi connectivity index (χ1v) is 7.50. The van der Waals surface area contributed by atoms with E-state index in [2.05, 4.69) is 33.2 Å². The lowest BCUT2D eigenvalue weighted by Crippen LogP contribution is -2.36. The van der Waals surface area contributed by atoms with Crippen molar-refractivity contribution in [2.75, 3.05) is 0 Å². The number of hydrogen-bond acceptors (Lipinski definition) is 5. The van der Waals surface area contributed by atoms with Crippen molar-refractivity contribution < 1.29 is 4.74 Å². The second kappa shape index (κ2) is 4.53. The standard InChI is InChI=1S/C17H18N4O/c1-10-15(20-7-6-19-10)13-5-3-4-12-8-17(9-14(12)13)11(2)22-16(18)21-17/h3-7,11H,8-9H2,1-2H3,(H2,18,21)/t11-,17-/m1/s1. The van der Waals surface area contributed by atoms with Crippen LogP contribution >= 0.6 is 0 Å². The van der Waals surface area contributed by atoms with E-state index < -0.39 is 0 Å². The van der Waals surface area contributed by atoms with Crippen LogP contribution in [0.25, 0.3) is 11.3 Å². The molecule has 5 nitrogen and oxygen atoms in total. The van der Waals surface area contributed by atoms with Crippen LogP contribution in [-0.4, -0.2) is 27.6 Å². The van der Waals surface area contributed by atoms with Crippen LogP contribution in [-0.2, 0) is 17.6 Å². The van der Waals surface area contributed by atoms with Crippen LogP contribution in [0.3, 0.4) is 0 Å². The summed E-state index contributed by atoms with van der Waals surface area (Å²) in [7, 11) is 0. The molecule has 4 rings (SSSR count). The molecule has 2 aliphatic rings. The van der Waals surface area contributed by atoms with Gasteiger partial charge in [-0.3, -0.25) is 9.97 Å². The number of aromatic nitrogens is 2. The van der Waals surface area contributed by atoms with Crippen molar-refractivity contribution >= 4 is 6.02 Å². The Hall–Kier alpha value is -2.43. The molecular formula is C17H18N4O. The fraction of sp³-hybridized carbons (Fsp3) is 0.353. The average Bonchev–Trinajstić information content (AvgIpc) is 2.99. The monoisotopic (exact) mass is 294 g/mol. The first-order valence-electron chi connectivity index (χ1n) is 7.50. The van der Waals surface area contributed by atoms with Crippen molar-refractivity contribution in [3.8, 4) is 11.3 Å². The lowest BCUT2D eigenvalue weighted by Gasteiger charge is -2.23. The predicted molar refractivity (Wildman–Crippen MR) is 84.5 cm³/mol. The minimum absolute atomic E-state index is 0.00398. The number of hydrogen-bond donors (Lipinski definition) is 1. The van der Waals surface area contributed by atoms with Gasteiger partial charge >= 0.3 is 0 Å². The number of ether oxygens (including phenoxy) is 1. The highest BCUT2D eigenvalue weighted by molar-refractivity contribution is 5.76. The van der Waals surface area contributed by atoms with Gasteiger partial charge < -0.3 is 10.5 Å². The van der Waals surface area contributed by atoms with Crippen LogP contribution in [0, 0.1) is 6.92 Å². The van der Waals surface area contributed by atoms with Gasteiger partial charge in [0.15, 0.2) is 0 Å². The minimum atomic E-state index is -0.265. The molecule has 1 aromatic heterocycles. The Bertz CT molecular complexity index is 786. The second-order valence-corrected chi connectivity index (χ2v) is 6.10. The van der Waals surface area contributed by atoms with E-state index in [4.69, 9.17) is 10.5 Å². The largest absolute Gasteiger partial charge is 0.460 e. The first kappa shape index (κ1) is 13.2. The van der Waals surface area contributed by atoms with E-state index in [1.165, 1.54) is 11.1 Å². The van der Waals surface area contributed by atoms with Gasteiger partial charge in [0.2, 0.25) is 0 Å². The van der Waals surface area contributed by atoms with Crippen LogP contribution in [0.4, 0.5) is 0 Å². The van der Waals surface area contributed by atoms with Crippen molar-refractivity contribution in [2.45, 2.75) is 38.3 Å². The molecular weight excluding hydrogens is 276 g/mol. The smallest absolute Gasteiger partial charge is 0.282 e. The lowest BCUT2D eigenvalue weighted by atomic mass is 9.90. The van der Waals surface area contributed by atoms with Crippen LogP contribution < -0.4 is 5.73 Å². The third-order valence-electron chi connectivity index (χ3n) is 4.78. The minimum Gasteiger partial charge on any atom is -0.460 e. The van der Waals surface area contributed by atoms with E-state index in [9.17, 15) is 0 Å². The number of benzene rings is 1. The normalized spacial score (nSPS) is 25.9. The van der Waals surface area contributed by atoms with E-state index in [0.717, 1.165) is 29.8 Å². The maximum atomic E-state index is 5.79. The molecule has 1 aromatic carbocycles. The Morgan fingerprint density at radius 2 is 2.05 bits per heavy atom. The summed E-state index contributed by atoms with van der Waals surface area (Å²) in [5.41, 5.74) is 11.2. The average molecular weight is 294 g/mol. The fourth-order valence-electron chi connectivity index (χ4n) is 3.60. The number of nitrogens with two attached hydrogens (primary N) is 1. The topological polar surface area (TPSA) is 73.4 Å². The van der Waals surface area contributed by atoms with E-state index >= 15 is 0 Å². The Morgan fingerprint density at radius 3 is 2.77 bits per heavy atom. The molecule has 0 saturated heterocycles. The number of amidine groups is 1. The quantitative estimate of drug-likeness (QED) is 0.873. The summed E-state index contributed by atoms with van der Waals surface area (Å²) >= 11 is 0. The molecule has 0 saturated carbocycles. The summed E-state index contributed by atoms with van der Waals surface area (Å²) in [6.07, 6.45) is 5.15. The summed E-state index contributed by atoms with van der Waals surface area (Å²) in [5.74, 6) is 0. The zero-order valence-corrected chi connectivity index (χ0v) is 12.7. The van der Waals surface area contributed by atoms with Gasteiger partial charge in [0.05, 0.1) is 11.4 Å². The van der Waals surface area contributed by atoms with Gasteiger partial charge in [0, 0.05) is 30.8 Å². The molecule has 0 unspecified atom stereocenters. The number of aryl methyl sites for hydroxylation is 1. The molecule has 1 spiro atoms. The molecule has 22 heavy (non-hydrogen) atoms. The van der Waals surface area contributed by atoms with Crippen molar-refractivity contribution in [2.24, 2.45) is 10.7 Å². The number of rotatable bonds is 1. The summed E-state index contributed by atoms with van der Waals surface area (Å²) in [6.45, 7) is 4.03. The molecule has 5 heteroatoms. The summed E-state index contributed by atoms with van der Waals surface area (Å²) < 4.78 is 5.60. The van der Waals surface area contributed by atoms with Gasteiger partial charge in [-0.2, -0.15) is 0 Å². The lowest BCUT2D eigenvalue weighted by molar-refractivity contribution is 0.157. The Morgan fingerprint density at radius 1 is 1.23 bits per heavy atom. The number of fused-ring (bicyclic) bond motifs is 1. The molecule has 2 atom stereocenters. The summed E-state index contributed by atoms with van der Waals surface area (Å²) in [6, 6.07) is 6.66. The molecule has 1 aliphatic carbocycles. The third-order valence-corrected chi connectivity index (χ3v) is 4.78. The van der Waals surface area contributed by atoms with Crippen molar-refractivity contribution in [1.82, 2.24) is 9.97 Å². The second-order valence-electron chi connectivity index (χ2n) is 6.10. The molecule has 0 amide bonds. The SMILES string of the molecule is Cc1nccnc1-c1cccc2c1C[C@@]1(C2)N=C(N)O[C@@H]1C. The van der Waals surface area contributed by atoms with E-state index in [0.29, 0.717) is 6.02 Å². The van der Waals surface area contributed by atoms with E-state index in [-0.39, 0.29) is 11.6 Å². The van der Waals surface area contributed by atoms with Crippen LogP contribution in [0.2, 0.25) is 0 Å². The highest BCUT2D eigenvalue weighted by Crippen LogP contribution is 2.43. The van der Waals surface area contributed by atoms with Crippen LogP contribution in [0.15, 0.2) is 35.6 Å². The Kier molecular flexibility index (Phi) is 2.73. The molecule has 1 aliphatic heterocycles.